The number of aromatic nitrogens is 1. The van der Waals surface area contributed by atoms with Gasteiger partial charge in [-0.25, -0.2) is 9.37 Å². The van der Waals surface area contributed by atoms with E-state index in [1.165, 1.54) is 12.3 Å². The van der Waals surface area contributed by atoms with Gasteiger partial charge < -0.3 is 0 Å². The van der Waals surface area contributed by atoms with Gasteiger partial charge in [-0.3, -0.25) is 0 Å². The van der Waals surface area contributed by atoms with Gasteiger partial charge in [0.15, 0.2) is 5.82 Å². The minimum absolute atomic E-state index is 0.317. The average molecular weight is 255 g/mol. The number of pyridine rings is 1. The lowest BCUT2D eigenvalue weighted by Crippen LogP contribution is -1.85. The maximum absolute atomic E-state index is 12.5. The van der Waals surface area contributed by atoms with Crippen molar-refractivity contribution in [3.8, 4) is 0 Å². The summed E-state index contributed by atoms with van der Waals surface area (Å²) in [5, 5.41) is 0. The third kappa shape index (κ3) is 1.79. The molecule has 0 amide bonds. The van der Waals surface area contributed by atoms with Crippen LogP contribution in [0.3, 0.4) is 0 Å². The molecule has 1 rings (SSSR count). The fraction of sp³-hybridized carbons (Fsp3) is 0. The zero-order valence-corrected chi connectivity index (χ0v) is 7.36. The Balaban J connectivity index is 3.17. The lowest BCUT2D eigenvalue weighted by molar-refractivity contribution is 0.607. The van der Waals surface area contributed by atoms with Crippen LogP contribution in [0.25, 0.3) is 0 Å². The molecule has 0 fully saturated rings. The molecule has 9 heavy (non-hydrogen) atoms. The van der Waals surface area contributed by atoms with E-state index in [0.717, 1.165) is 0 Å². The Morgan fingerprint density at radius 1 is 1.67 bits per heavy atom. The van der Waals surface area contributed by atoms with Crippen molar-refractivity contribution in [1.82, 2.24) is 4.98 Å². The number of thiol groups is 1. The summed E-state index contributed by atoms with van der Waals surface area (Å²) < 4.78 is 12.8. The molecule has 0 atom stereocenters. The lowest BCUT2D eigenvalue weighted by atomic mass is 10.5. The molecule has 1 aromatic rings. The van der Waals surface area contributed by atoms with Crippen LogP contribution in [0.2, 0.25) is 0 Å². The quantitative estimate of drug-likeness (QED) is 0.425. The summed E-state index contributed by atoms with van der Waals surface area (Å²) in [5.74, 6) is -0.317. The Kier molecular flexibility index (Phi) is 2.29. The summed E-state index contributed by atoms with van der Waals surface area (Å²) >= 11 is 5.72. The lowest BCUT2D eigenvalue weighted by Gasteiger charge is -1.91. The zero-order valence-electron chi connectivity index (χ0n) is 4.31. The van der Waals surface area contributed by atoms with Crippen molar-refractivity contribution in [2.75, 3.05) is 0 Å². The number of hydrogen-bond acceptors (Lipinski definition) is 2. The molecule has 0 aliphatic rings. The standard InChI is InChI=1S/C5H3FINS/c6-4-1-3(9)2-8-5(4)7/h1-2,9H. The predicted octanol–water partition coefficient (Wildman–Crippen LogP) is 2.11. The summed E-state index contributed by atoms with van der Waals surface area (Å²) in [6.07, 6.45) is 1.51. The van der Waals surface area contributed by atoms with Crippen molar-refractivity contribution in [3.63, 3.8) is 0 Å². The third-order valence-electron chi connectivity index (χ3n) is 0.782. The van der Waals surface area contributed by atoms with Crippen LogP contribution >= 0.6 is 35.2 Å². The van der Waals surface area contributed by atoms with Crippen LogP contribution < -0.4 is 0 Å². The summed E-state index contributed by atoms with van der Waals surface area (Å²) in [5.41, 5.74) is 0. The van der Waals surface area contributed by atoms with Gasteiger partial charge in [-0.2, -0.15) is 0 Å². The molecule has 0 aliphatic carbocycles. The van der Waals surface area contributed by atoms with E-state index in [4.69, 9.17) is 0 Å². The highest BCUT2D eigenvalue weighted by molar-refractivity contribution is 14.1. The van der Waals surface area contributed by atoms with E-state index in [0.29, 0.717) is 8.60 Å². The zero-order chi connectivity index (χ0) is 6.85. The first-order valence-electron chi connectivity index (χ1n) is 2.20. The first-order chi connectivity index (χ1) is 4.20. The van der Waals surface area contributed by atoms with Gasteiger partial charge in [-0.1, -0.05) is 0 Å². The van der Waals surface area contributed by atoms with Gasteiger partial charge in [-0.15, -0.1) is 12.6 Å². The maximum atomic E-state index is 12.5. The summed E-state index contributed by atoms with van der Waals surface area (Å²) in [6, 6.07) is 1.33. The highest BCUT2D eigenvalue weighted by Gasteiger charge is 1.97. The molecule has 0 spiro atoms. The number of nitrogens with zero attached hydrogens (tertiary/aromatic N) is 1. The Hall–Kier alpha value is 0.160. The van der Waals surface area contributed by atoms with Crippen LogP contribution in [-0.4, -0.2) is 4.98 Å². The fourth-order valence-corrected chi connectivity index (χ4v) is 0.877. The first-order valence-corrected chi connectivity index (χ1v) is 3.73. The minimum atomic E-state index is -0.317. The van der Waals surface area contributed by atoms with E-state index in [-0.39, 0.29) is 5.82 Å². The van der Waals surface area contributed by atoms with Gasteiger partial charge >= 0.3 is 0 Å². The first kappa shape index (κ1) is 7.27. The van der Waals surface area contributed by atoms with Gasteiger partial charge in [0, 0.05) is 11.1 Å². The van der Waals surface area contributed by atoms with Crippen LogP contribution in [-0.2, 0) is 0 Å². The fourth-order valence-electron chi connectivity index (χ4n) is 0.411. The Morgan fingerprint density at radius 2 is 2.33 bits per heavy atom. The summed E-state index contributed by atoms with van der Waals surface area (Å²) in [4.78, 5) is 4.26. The molecule has 0 aromatic carbocycles. The summed E-state index contributed by atoms with van der Waals surface area (Å²) in [7, 11) is 0. The van der Waals surface area contributed by atoms with E-state index in [2.05, 4.69) is 17.6 Å². The Labute approximate surface area is 71.2 Å². The number of hydrogen-bond donors (Lipinski definition) is 1. The molecule has 0 unspecified atom stereocenters. The van der Waals surface area contributed by atoms with Crippen LogP contribution in [0.15, 0.2) is 17.2 Å². The second-order valence-corrected chi connectivity index (χ2v) is 3.00. The second-order valence-electron chi connectivity index (χ2n) is 1.47. The topological polar surface area (TPSA) is 12.9 Å². The molecule has 1 nitrogen and oxygen atoms in total. The molecule has 48 valence electrons. The number of rotatable bonds is 0. The molecule has 0 bridgehead atoms. The van der Waals surface area contributed by atoms with E-state index >= 15 is 0 Å². The highest BCUT2D eigenvalue weighted by atomic mass is 127. The van der Waals surface area contributed by atoms with Crippen molar-refractivity contribution in [3.05, 3.63) is 21.8 Å². The van der Waals surface area contributed by atoms with E-state index in [9.17, 15) is 4.39 Å². The molecule has 0 aliphatic heterocycles. The average Bonchev–Trinajstić information content (AvgIpc) is 1.80. The second kappa shape index (κ2) is 2.83. The predicted molar refractivity (Wildman–Crippen MR) is 44.2 cm³/mol. The SMILES string of the molecule is Fc1cc(S)cnc1I. The van der Waals surface area contributed by atoms with Gasteiger partial charge in [0.1, 0.15) is 3.70 Å². The Morgan fingerprint density at radius 3 is 2.78 bits per heavy atom. The van der Waals surface area contributed by atoms with Crippen molar-refractivity contribution in [2.24, 2.45) is 0 Å². The van der Waals surface area contributed by atoms with Crippen molar-refractivity contribution < 1.29 is 4.39 Å². The third-order valence-corrected chi connectivity index (χ3v) is 1.82. The maximum Gasteiger partial charge on any atom is 0.156 e. The number of halogens is 2. The normalized spacial score (nSPS) is 9.67. The van der Waals surface area contributed by atoms with Crippen molar-refractivity contribution in [1.29, 1.82) is 0 Å². The van der Waals surface area contributed by atoms with Gasteiger partial charge in [-0.05, 0) is 28.7 Å². The smallest absolute Gasteiger partial charge is 0.156 e. The molecule has 1 heterocycles. The summed E-state index contributed by atoms with van der Waals surface area (Å²) in [6.45, 7) is 0. The van der Waals surface area contributed by atoms with Crippen molar-refractivity contribution >= 4 is 35.2 Å². The molecule has 0 saturated carbocycles. The van der Waals surface area contributed by atoms with E-state index < -0.39 is 0 Å². The van der Waals surface area contributed by atoms with Crippen LogP contribution in [0.4, 0.5) is 4.39 Å². The van der Waals surface area contributed by atoms with E-state index in [1.807, 2.05) is 22.6 Å². The molecule has 1 aromatic heterocycles. The van der Waals surface area contributed by atoms with Crippen LogP contribution in [0, 0.1) is 9.52 Å². The van der Waals surface area contributed by atoms with Crippen LogP contribution in [0.1, 0.15) is 0 Å². The molecular formula is C5H3FINS. The van der Waals surface area contributed by atoms with E-state index in [1.54, 1.807) is 0 Å². The molecule has 0 saturated heterocycles. The molecule has 0 N–H and O–H groups in total. The van der Waals surface area contributed by atoms with Gasteiger partial charge in [0.2, 0.25) is 0 Å². The minimum Gasteiger partial charge on any atom is -0.246 e. The molecule has 4 heteroatoms. The largest absolute Gasteiger partial charge is 0.246 e. The molecule has 0 radical (unpaired) electrons. The van der Waals surface area contributed by atoms with Crippen molar-refractivity contribution in [2.45, 2.75) is 4.90 Å². The van der Waals surface area contributed by atoms with Gasteiger partial charge in [0.25, 0.3) is 0 Å². The highest BCUT2D eigenvalue weighted by Crippen LogP contribution is 2.10. The van der Waals surface area contributed by atoms with Crippen LogP contribution in [0.5, 0.6) is 0 Å². The van der Waals surface area contributed by atoms with Gasteiger partial charge in [0.05, 0.1) is 0 Å². The Bertz CT molecular complexity index is 228. The monoisotopic (exact) mass is 255 g/mol. The molecular weight excluding hydrogens is 252 g/mol.